The third-order valence-electron chi connectivity index (χ3n) is 4.81. The van der Waals surface area contributed by atoms with Crippen molar-refractivity contribution in [2.24, 2.45) is 5.92 Å². The summed E-state index contributed by atoms with van der Waals surface area (Å²) in [4.78, 5) is 13.5. The average Bonchev–Trinajstić information content (AvgIpc) is 2.67. The summed E-state index contributed by atoms with van der Waals surface area (Å²) in [5, 5.41) is 3.48. The Morgan fingerprint density at radius 3 is 2.52 bits per heavy atom. The monoisotopic (exact) mass is 338 g/mol. The van der Waals surface area contributed by atoms with E-state index in [4.69, 9.17) is 4.74 Å². The van der Waals surface area contributed by atoms with Crippen molar-refractivity contribution in [3.05, 3.63) is 65.7 Å². The van der Waals surface area contributed by atoms with E-state index in [1.807, 2.05) is 24.3 Å². The molecule has 1 N–H and O–H groups in total. The standard InChI is InChI=1S/C21H26N2O2/c1-23(2)21(24)17-8-10-19(11-9-17)25-15-18-14-22-13-12-20(18)16-6-4-3-5-7-16/h3-11,18,20,22H,12-15H2,1-2H3/t18-,20-/m0/s1. The molecule has 1 amide bonds. The summed E-state index contributed by atoms with van der Waals surface area (Å²) in [6.45, 7) is 2.70. The van der Waals surface area contributed by atoms with Crippen LogP contribution >= 0.6 is 0 Å². The Kier molecular flexibility index (Phi) is 5.71. The van der Waals surface area contributed by atoms with E-state index in [0.29, 0.717) is 24.0 Å². The van der Waals surface area contributed by atoms with E-state index in [1.165, 1.54) is 5.56 Å². The molecule has 0 aliphatic carbocycles. The Morgan fingerprint density at radius 2 is 1.84 bits per heavy atom. The zero-order valence-corrected chi connectivity index (χ0v) is 14.9. The number of carbonyl (C=O) groups excluding carboxylic acids is 1. The molecule has 4 nitrogen and oxygen atoms in total. The first-order valence-corrected chi connectivity index (χ1v) is 8.85. The lowest BCUT2D eigenvalue weighted by Crippen LogP contribution is -2.38. The summed E-state index contributed by atoms with van der Waals surface area (Å²) < 4.78 is 6.03. The summed E-state index contributed by atoms with van der Waals surface area (Å²) in [5.41, 5.74) is 2.07. The third kappa shape index (κ3) is 4.40. The van der Waals surface area contributed by atoms with Crippen LogP contribution in [0.5, 0.6) is 5.75 Å². The second-order valence-corrected chi connectivity index (χ2v) is 6.81. The molecule has 132 valence electrons. The van der Waals surface area contributed by atoms with Crippen LogP contribution in [-0.4, -0.2) is 44.6 Å². The quantitative estimate of drug-likeness (QED) is 0.910. The number of hydrogen-bond acceptors (Lipinski definition) is 3. The maximum Gasteiger partial charge on any atom is 0.253 e. The van der Waals surface area contributed by atoms with E-state index in [0.717, 1.165) is 25.3 Å². The molecule has 1 saturated heterocycles. The lowest BCUT2D eigenvalue weighted by atomic mass is 9.81. The number of carbonyl (C=O) groups is 1. The van der Waals surface area contributed by atoms with Crippen molar-refractivity contribution < 1.29 is 9.53 Å². The van der Waals surface area contributed by atoms with Crippen LogP contribution in [-0.2, 0) is 0 Å². The van der Waals surface area contributed by atoms with Gasteiger partial charge < -0.3 is 15.0 Å². The predicted molar refractivity (Wildman–Crippen MR) is 100 cm³/mol. The van der Waals surface area contributed by atoms with Crippen molar-refractivity contribution in [3.8, 4) is 5.75 Å². The van der Waals surface area contributed by atoms with Crippen LogP contribution in [0.3, 0.4) is 0 Å². The summed E-state index contributed by atoms with van der Waals surface area (Å²) in [5.74, 6) is 1.79. The molecular formula is C21H26N2O2. The van der Waals surface area contributed by atoms with Crippen molar-refractivity contribution in [2.45, 2.75) is 12.3 Å². The van der Waals surface area contributed by atoms with E-state index in [1.54, 1.807) is 19.0 Å². The molecule has 0 spiro atoms. The smallest absolute Gasteiger partial charge is 0.253 e. The minimum Gasteiger partial charge on any atom is -0.493 e. The van der Waals surface area contributed by atoms with E-state index in [2.05, 4.69) is 35.6 Å². The molecule has 1 fully saturated rings. The second-order valence-electron chi connectivity index (χ2n) is 6.81. The predicted octanol–water partition coefficient (Wildman–Crippen LogP) is 3.16. The third-order valence-corrected chi connectivity index (χ3v) is 4.81. The van der Waals surface area contributed by atoms with Gasteiger partial charge in [-0.25, -0.2) is 0 Å². The van der Waals surface area contributed by atoms with E-state index in [9.17, 15) is 4.79 Å². The molecule has 1 aliphatic heterocycles. The minimum absolute atomic E-state index is 0.00664. The van der Waals surface area contributed by atoms with E-state index in [-0.39, 0.29) is 5.91 Å². The number of rotatable bonds is 5. The van der Waals surface area contributed by atoms with Gasteiger partial charge in [0.15, 0.2) is 0 Å². The van der Waals surface area contributed by atoms with Gasteiger partial charge in [-0.3, -0.25) is 4.79 Å². The molecule has 0 aromatic heterocycles. The van der Waals surface area contributed by atoms with Crippen molar-refractivity contribution in [1.29, 1.82) is 0 Å². The molecule has 4 heteroatoms. The molecule has 2 atom stereocenters. The highest BCUT2D eigenvalue weighted by atomic mass is 16.5. The number of nitrogens with zero attached hydrogens (tertiary/aromatic N) is 1. The number of ether oxygens (including phenoxy) is 1. The fourth-order valence-electron chi connectivity index (χ4n) is 3.39. The van der Waals surface area contributed by atoms with Gasteiger partial charge in [-0.1, -0.05) is 30.3 Å². The van der Waals surface area contributed by atoms with Crippen LogP contribution in [0.4, 0.5) is 0 Å². The van der Waals surface area contributed by atoms with Crippen LogP contribution in [0.2, 0.25) is 0 Å². The molecule has 0 radical (unpaired) electrons. The Labute approximate surface area is 149 Å². The number of nitrogens with one attached hydrogen (secondary N) is 1. The van der Waals surface area contributed by atoms with Crippen molar-refractivity contribution in [2.75, 3.05) is 33.8 Å². The highest BCUT2D eigenvalue weighted by Crippen LogP contribution is 2.30. The number of benzene rings is 2. The van der Waals surface area contributed by atoms with Gasteiger partial charge in [0.1, 0.15) is 5.75 Å². The number of piperidine rings is 1. The molecular weight excluding hydrogens is 312 g/mol. The Hall–Kier alpha value is -2.33. The van der Waals surface area contributed by atoms with Gasteiger partial charge >= 0.3 is 0 Å². The van der Waals surface area contributed by atoms with Crippen molar-refractivity contribution >= 4 is 5.91 Å². The number of amides is 1. The normalized spacial score (nSPS) is 20.1. The van der Waals surface area contributed by atoms with Gasteiger partial charge in [0, 0.05) is 32.1 Å². The van der Waals surface area contributed by atoms with Crippen LogP contribution in [0.1, 0.15) is 28.3 Å². The molecule has 1 aliphatic rings. The second kappa shape index (κ2) is 8.17. The largest absolute Gasteiger partial charge is 0.493 e. The number of hydrogen-bond donors (Lipinski definition) is 1. The SMILES string of the molecule is CN(C)C(=O)c1ccc(OC[C@@H]2CNCC[C@H]2c2ccccc2)cc1. The van der Waals surface area contributed by atoms with Crippen LogP contribution < -0.4 is 10.1 Å². The van der Waals surface area contributed by atoms with Crippen molar-refractivity contribution in [3.63, 3.8) is 0 Å². The topological polar surface area (TPSA) is 41.6 Å². The van der Waals surface area contributed by atoms with Crippen LogP contribution in [0.15, 0.2) is 54.6 Å². The molecule has 2 aromatic rings. The molecule has 0 bridgehead atoms. The van der Waals surface area contributed by atoms with Crippen LogP contribution in [0, 0.1) is 5.92 Å². The fourth-order valence-corrected chi connectivity index (χ4v) is 3.39. The fraction of sp³-hybridized carbons (Fsp3) is 0.381. The zero-order chi connectivity index (χ0) is 17.6. The first-order chi connectivity index (χ1) is 12.1. The van der Waals surface area contributed by atoms with Gasteiger partial charge in [-0.2, -0.15) is 0 Å². The van der Waals surface area contributed by atoms with E-state index < -0.39 is 0 Å². The molecule has 1 heterocycles. The zero-order valence-electron chi connectivity index (χ0n) is 14.9. The highest BCUT2D eigenvalue weighted by Gasteiger charge is 2.26. The van der Waals surface area contributed by atoms with Gasteiger partial charge in [0.2, 0.25) is 0 Å². The summed E-state index contributed by atoms with van der Waals surface area (Å²) in [7, 11) is 3.51. The lowest BCUT2D eigenvalue weighted by Gasteiger charge is -2.32. The molecule has 3 rings (SSSR count). The average molecular weight is 338 g/mol. The minimum atomic E-state index is 0.00664. The molecule has 0 saturated carbocycles. The summed E-state index contributed by atoms with van der Waals surface area (Å²) >= 11 is 0. The molecule has 0 unspecified atom stereocenters. The van der Waals surface area contributed by atoms with Gasteiger partial charge in [-0.15, -0.1) is 0 Å². The van der Waals surface area contributed by atoms with Gasteiger partial charge in [0.05, 0.1) is 6.61 Å². The van der Waals surface area contributed by atoms with E-state index >= 15 is 0 Å². The van der Waals surface area contributed by atoms with Gasteiger partial charge in [-0.05, 0) is 48.7 Å². The van der Waals surface area contributed by atoms with Gasteiger partial charge in [0.25, 0.3) is 5.91 Å². The maximum absolute atomic E-state index is 11.9. The molecule has 2 aromatic carbocycles. The first-order valence-electron chi connectivity index (χ1n) is 8.85. The highest BCUT2D eigenvalue weighted by molar-refractivity contribution is 5.93. The molecule has 25 heavy (non-hydrogen) atoms. The Morgan fingerprint density at radius 1 is 1.12 bits per heavy atom. The maximum atomic E-state index is 11.9. The Bertz CT molecular complexity index is 683. The summed E-state index contributed by atoms with van der Waals surface area (Å²) in [6, 6.07) is 18.1. The lowest BCUT2D eigenvalue weighted by molar-refractivity contribution is 0.0827. The van der Waals surface area contributed by atoms with Crippen molar-refractivity contribution in [1.82, 2.24) is 10.2 Å². The summed E-state index contributed by atoms with van der Waals surface area (Å²) in [6.07, 6.45) is 1.13. The Balaban J connectivity index is 1.62. The van der Waals surface area contributed by atoms with Crippen LogP contribution in [0.25, 0.3) is 0 Å². The first kappa shape index (κ1) is 17.5.